The van der Waals surface area contributed by atoms with Gasteiger partial charge in [0.25, 0.3) is 5.56 Å². The van der Waals surface area contributed by atoms with E-state index < -0.39 is 17.4 Å². The second-order valence-corrected chi connectivity index (χ2v) is 7.02. The van der Waals surface area contributed by atoms with Crippen molar-refractivity contribution >= 4 is 17.6 Å². The third-order valence-corrected chi connectivity index (χ3v) is 4.93. The average molecular weight is 419 g/mol. The molecule has 7 nitrogen and oxygen atoms in total. The molecule has 1 amide bonds. The molecule has 0 bridgehead atoms. The lowest BCUT2D eigenvalue weighted by molar-refractivity contribution is -0.117. The number of ether oxygens (including phenoxy) is 1. The predicted molar refractivity (Wildman–Crippen MR) is 119 cm³/mol. The summed E-state index contributed by atoms with van der Waals surface area (Å²) in [7, 11) is 0. The Morgan fingerprint density at radius 1 is 1.06 bits per heavy atom. The summed E-state index contributed by atoms with van der Waals surface area (Å²) in [6, 6.07) is 17.8. The fourth-order valence-corrected chi connectivity index (χ4v) is 3.35. The summed E-state index contributed by atoms with van der Waals surface area (Å²) in [4.78, 5) is 38.4. The minimum atomic E-state index is -0.715. The molecule has 1 heterocycles. The van der Waals surface area contributed by atoms with Gasteiger partial charge in [0, 0.05) is 6.07 Å². The minimum absolute atomic E-state index is 0.0349. The van der Waals surface area contributed by atoms with E-state index in [1.807, 2.05) is 56.3 Å². The quantitative estimate of drug-likeness (QED) is 0.588. The van der Waals surface area contributed by atoms with Gasteiger partial charge in [-0.3, -0.25) is 9.59 Å². The number of nitrogens with zero attached hydrogens (tertiary/aromatic N) is 2. The van der Waals surface area contributed by atoms with Crippen molar-refractivity contribution in [2.75, 3.05) is 11.9 Å². The molecular formula is C24H25N3O4. The van der Waals surface area contributed by atoms with E-state index in [0.717, 1.165) is 15.8 Å². The monoisotopic (exact) mass is 419 g/mol. The molecule has 0 saturated carbocycles. The Labute approximate surface area is 180 Å². The SMILES string of the molecule is CCOC(=O)c1nn(-c2ccccc2C)c(=O)cc1NC(=O)C(CC)c1ccccc1. The number of carbonyl (C=O) groups excluding carboxylic acids is 2. The predicted octanol–water partition coefficient (Wildman–Crippen LogP) is 3.85. The normalized spacial score (nSPS) is 11.6. The fourth-order valence-electron chi connectivity index (χ4n) is 3.35. The highest BCUT2D eigenvalue weighted by Crippen LogP contribution is 2.23. The Morgan fingerprint density at radius 3 is 2.39 bits per heavy atom. The van der Waals surface area contributed by atoms with Crippen LogP contribution < -0.4 is 10.9 Å². The smallest absolute Gasteiger partial charge is 0.360 e. The summed E-state index contributed by atoms with van der Waals surface area (Å²) in [5.74, 6) is -1.47. The number of esters is 1. The first kappa shape index (κ1) is 22.0. The molecule has 0 spiro atoms. The molecule has 31 heavy (non-hydrogen) atoms. The standard InChI is InChI=1S/C24H25N3O4/c1-4-18(17-12-7-6-8-13-17)23(29)25-19-15-21(28)27(20-14-10-9-11-16(20)3)26-22(19)24(30)31-5-2/h6-15,18H,4-5H2,1-3H3,(H,25,29). The molecule has 2 aromatic carbocycles. The maximum atomic E-state index is 13.0. The molecule has 3 rings (SSSR count). The second-order valence-electron chi connectivity index (χ2n) is 7.02. The van der Waals surface area contributed by atoms with Crippen molar-refractivity contribution in [3.63, 3.8) is 0 Å². The largest absolute Gasteiger partial charge is 0.461 e. The van der Waals surface area contributed by atoms with Crippen molar-refractivity contribution in [1.29, 1.82) is 0 Å². The van der Waals surface area contributed by atoms with Gasteiger partial charge in [-0.25, -0.2) is 4.79 Å². The highest BCUT2D eigenvalue weighted by Gasteiger charge is 2.24. The van der Waals surface area contributed by atoms with E-state index in [2.05, 4.69) is 10.4 Å². The van der Waals surface area contributed by atoms with Gasteiger partial charge in [-0.15, -0.1) is 0 Å². The summed E-state index contributed by atoms with van der Waals surface area (Å²) >= 11 is 0. The van der Waals surface area contributed by atoms with Crippen molar-refractivity contribution in [2.45, 2.75) is 33.1 Å². The number of carbonyl (C=O) groups is 2. The van der Waals surface area contributed by atoms with E-state index in [4.69, 9.17) is 4.74 Å². The van der Waals surface area contributed by atoms with E-state index in [9.17, 15) is 14.4 Å². The van der Waals surface area contributed by atoms with Crippen LogP contribution in [0.4, 0.5) is 5.69 Å². The molecule has 7 heteroatoms. The molecule has 1 unspecified atom stereocenters. The lowest BCUT2D eigenvalue weighted by Gasteiger charge is -2.17. The Bertz CT molecular complexity index is 1140. The van der Waals surface area contributed by atoms with E-state index >= 15 is 0 Å². The molecule has 0 aliphatic carbocycles. The molecule has 1 N–H and O–H groups in total. The van der Waals surface area contributed by atoms with Gasteiger partial charge in [0.15, 0.2) is 5.69 Å². The zero-order chi connectivity index (χ0) is 22.4. The number of aromatic nitrogens is 2. The molecule has 0 fully saturated rings. The molecule has 0 saturated heterocycles. The van der Waals surface area contributed by atoms with E-state index in [0.29, 0.717) is 12.1 Å². The lowest BCUT2D eigenvalue weighted by atomic mass is 9.95. The zero-order valence-electron chi connectivity index (χ0n) is 17.8. The van der Waals surface area contributed by atoms with Gasteiger partial charge in [-0.1, -0.05) is 55.5 Å². The van der Waals surface area contributed by atoms with Crippen LogP contribution in [0.1, 0.15) is 47.8 Å². The van der Waals surface area contributed by atoms with Crippen LogP contribution in [0.5, 0.6) is 0 Å². The van der Waals surface area contributed by atoms with Crippen LogP contribution in [-0.2, 0) is 9.53 Å². The summed E-state index contributed by atoms with van der Waals surface area (Å²) in [6.45, 7) is 5.56. The van der Waals surface area contributed by atoms with Crippen LogP contribution in [0.25, 0.3) is 5.69 Å². The Morgan fingerprint density at radius 2 is 1.74 bits per heavy atom. The van der Waals surface area contributed by atoms with Gasteiger partial charge in [-0.2, -0.15) is 9.78 Å². The summed E-state index contributed by atoms with van der Waals surface area (Å²) in [5.41, 5.74) is 1.66. The summed E-state index contributed by atoms with van der Waals surface area (Å²) in [6.07, 6.45) is 0.554. The maximum Gasteiger partial charge on any atom is 0.360 e. The Kier molecular flexibility index (Phi) is 6.97. The number of aryl methyl sites for hydroxylation is 1. The van der Waals surface area contributed by atoms with Crippen LogP contribution in [-0.4, -0.2) is 28.3 Å². The average Bonchev–Trinajstić information content (AvgIpc) is 2.76. The number of hydrogen-bond acceptors (Lipinski definition) is 5. The number of amides is 1. The number of hydrogen-bond donors (Lipinski definition) is 1. The topological polar surface area (TPSA) is 90.3 Å². The molecule has 1 atom stereocenters. The van der Waals surface area contributed by atoms with Crippen molar-refractivity contribution in [3.05, 3.63) is 87.8 Å². The van der Waals surface area contributed by atoms with Gasteiger partial charge in [0.1, 0.15) is 0 Å². The van der Waals surface area contributed by atoms with Gasteiger partial charge >= 0.3 is 5.97 Å². The molecule has 0 aliphatic heterocycles. The Balaban J connectivity index is 2.04. The number of rotatable bonds is 7. The zero-order valence-corrected chi connectivity index (χ0v) is 17.8. The maximum absolute atomic E-state index is 13.0. The number of nitrogens with one attached hydrogen (secondary N) is 1. The number of anilines is 1. The highest BCUT2D eigenvalue weighted by atomic mass is 16.5. The van der Waals surface area contributed by atoms with E-state index in [1.54, 1.807) is 19.1 Å². The second kappa shape index (κ2) is 9.84. The fraction of sp³-hybridized carbons (Fsp3) is 0.250. The lowest BCUT2D eigenvalue weighted by Crippen LogP contribution is -2.29. The third kappa shape index (κ3) is 4.88. The molecule has 0 aliphatic rings. The van der Waals surface area contributed by atoms with Crippen LogP contribution in [0.3, 0.4) is 0 Å². The minimum Gasteiger partial charge on any atom is -0.461 e. The third-order valence-electron chi connectivity index (χ3n) is 4.93. The number of para-hydroxylation sites is 1. The van der Waals surface area contributed by atoms with Gasteiger partial charge < -0.3 is 10.1 Å². The number of benzene rings is 2. The van der Waals surface area contributed by atoms with Crippen LogP contribution >= 0.6 is 0 Å². The van der Waals surface area contributed by atoms with Gasteiger partial charge in [0.2, 0.25) is 5.91 Å². The first-order chi connectivity index (χ1) is 15.0. The first-order valence-corrected chi connectivity index (χ1v) is 10.2. The summed E-state index contributed by atoms with van der Waals surface area (Å²) < 4.78 is 6.26. The highest BCUT2D eigenvalue weighted by molar-refractivity contribution is 6.01. The van der Waals surface area contributed by atoms with Crippen LogP contribution in [0.2, 0.25) is 0 Å². The molecular weight excluding hydrogens is 394 g/mol. The van der Waals surface area contributed by atoms with Crippen molar-refractivity contribution in [3.8, 4) is 5.69 Å². The molecule has 160 valence electrons. The van der Waals surface area contributed by atoms with Gasteiger partial charge in [-0.05, 0) is 37.5 Å². The molecule has 0 radical (unpaired) electrons. The molecule has 3 aromatic rings. The van der Waals surface area contributed by atoms with E-state index in [1.165, 1.54) is 6.07 Å². The molecule has 1 aromatic heterocycles. The van der Waals surface area contributed by atoms with Crippen molar-refractivity contribution in [2.24, 2.45) is 0 Å². The van der Waals surface area contributed by atoms with Gasteiger partial charge in [0.05, 0.1) is 23.9 Å². The van der Waals surface area contributed by atoms with Crippen molar-refractivity contribution < 1.29 is 14.3 Å². The van der Waals surface area contributed by atoms with E-state index in [-0.39, 0.29) is 23.9 Å². The Hall–Kier alpha value is -3.74. The van der Waals surface area contributed by atoms with Crippen LogP contribution in [0, 0.1) is 6.92 Å². The summed E-state index contributed by atoms with van der Waals surface area (Å²) in [5, 5.41) is 6.97. The first-order valence-electron chi connectivity index (χ1n) is 10.2. The van der Waals surface area contributed by atoms with Crippen LogP contribution in [0.15, 0.2) is 65.5 Å². The van der Waals surface area contributed by atoms with Crippen molar-refractivity contribution in [1.82, 2.24) is 9.78 Å².